The summed E-state index contributed by atoms with van der Waals surface area (Å²) in [4.78, 5) is 22.7. The Bertz CT molecular complexity index is 735. The van der Waals surface area contributed by atoms with Gasteiger partial charge in [-0.2, -0.15) is 0 Å². The predicted octanol–water partition coefficient (Wildman–Crippen LogP) is 1.48. The van der Waals surface area contributed by atoms with Gasteiger partial charge in [0.05, 0.1) is 12.3 Å². The van der Waals surface area contributed by atoms with Crippen molar-refractivity contribution >= 4 is 11.8 Å². The van der Waals surface area contributed by atoms with Gasteiger partial charge >= 0.3 is 0 Å². The van der Waals surface area contributed by atoms with Gasteiger partial charge in [-0.3, -0.25) is 9.88 Å². The molecular formula is C18H25N7O. The highest BCUT2D eigenvalue weighted by Crippen LogP contribution is 2.25. The van der Waals surface area contributed by atoms with Gasteiger partial charge in [-0.25, -0.2) is 15.0 Å². The predicted molar refractivity (Wildman–Crippen MR) is 99.0 cm³/mol. The van der Waals surface area contributed by atoms with Gasteiger partial charge in [0, 0.05) is 58.4 Å². The molecule has 1 atom stereocenters. The number of hydrogen-bond acceptors (Lipinski definition) is 8. The topological polar surface area (TPSA) is 79.3 Å². The molecule has 0 aliphatic carbocycles. The number of rotatable bonds is 5. The molecular weight excluding hydrogens is 330 g/mol. The van der Waals surface area contributed by atoms with Gasteiger partial charge in [-0.05, 0) is 18.9 Å². The second kappa shape index (κ2) is 7.92. The number of anilines is 2. The molecule has 0 bridgehead atoms. The molecule has 0 saturated carbocycles. The molecule has 26 heavy (non-hydrogen) atoms. The summed E-state index contributed by atoms with van der Waals surface area (Å²) in [6, 6.07) is 2.01. The summed E-state index contributed by atoms with van der Waals surface area (Å²) in [5, 5.41) is 3.10. The quantitative estimate of drug-likeness (QED) is 0.864. The van der Waals surface area contributed by atoms with E-state index in [2.05, 4.69) is 30.1 Å². The lowest BCUT2D eigenvalue weighted by Gasteiger charge is -2.32. The first-order valence-electron chi connectivity index (χ1n) is 9.23. The molecule has 2 aliphatic heterocycles. The lowest BCUT2D eigenvalue weighted by molar-refractivity contribution is -0.0351. The van der Waals surface area contributed by atoms with Crippen LogP contribution in [0.1, 0.15) is 30.3 Å². The molecule has 1 N–H and O–H groups in total. The summed E-state index contributed by atoms with van der Waals surface area (Å²) in [5.41, 5.74) is 1.91. The summed E-state index contributed by atoms with van der Waals surface area (Å²) in [7, 11) is 1.86. The largest absolute Gasteiger partial charge is 0.372 e. The Labute approximate surface area is 153 Å². The molecule has 8 heteroatoms. The van der Waals surface area contributed by atoms with Gasteiger partial charge in [-0.1, -0.05) is 0 Å². The van der Waals surface area contributed by atoms with E-state index in [1.54, 1.807) is 12.4 Å². The minimum Gasteiger partial charge on any atom is -0.372 e. The van der Waals surface area contributed by atoms with Gasteiger partial charge in [0.1, 0.15) is 17.6 Å². The zero-order valence-corrected chi connectivity index (χ0v) is 15.1. The van der Waals surface area contributed by atoms with Crippen molar-refractivity contribution in [1.29, 1.82) is 0 Å². The van der Waals surface area contributed by atoms with Crippen molar-refractivity contribution in [3.63, 3.8) is 0 Å². The van der Waals surface area contributed by atoms with Crippen LogP contribution in [0.3, 0.4) is 0 Å². The first-order valence-corrected chi connectivity index (χ1v) is 9.23. The van der Waals surface area contributed by atoms with Crippen LogP contribution >= 0.6 is 0 Å². The van der Waals surface area contributed by atoms with Gasteiger partial charge < -0.3 is 15.0 Å². The monoisotopic (exact) mass is 355 g/mol. The van der Waals surface area contributed by atoms with E-state index in [0.717, 1.165) is 55.9 Å². The van der Waals surface area contributed by atoms with E-state index >= 15 is 0 Å². The minimum absolute atomic E-state index is 0.0835. The summed E-state index contributed by atoms with van der Waals surface area (Å²) >= 11 is 0. The molecule has 2 aromatic rings. The van der Waals surface area contributed by atoms with E-state index in [4.69, 9.17) is 9.72 Å². The number of morpholine rings is 1. The van der Waals surface area contributed by atoms with Crippen LogP contribution < -0.4 is 10.2 Å². The third-order valence-electron chi connectivity index (χ3n) is 4.89. The average Bonchev–Trinajstić information content (AvgIpc) is 3.23. The Balaban J connectivity index is 1.44. The highest BCUT2D eigenvalue weighted by Gasteiger charge is 2.26. The second-order valence-corrected chi connectivity index (χ2v) is 6.68. The Morgan fingerprint density at radius 3 is 2.81 bits per heavy atom. The van der Waals surface area contributed by atoms with E-state index in [1.165, 1.54) is 12.8 Å². The Kier molecular flexibility index (Phi) is 5.21. The van der Waals surface area contributed by atoms with Crippen molar-refractivity contribution in [2.24, 2.45) is 0 Å². The number of nitrogens with one attached hydrogen (secondary N) is 1. The fourth-order valence-electron chi connectivity index (χ4n) is 3.56. The van der Waals surface area contributed by atoms with Crippen LogP contribution in [0.5, 0.6) is 0 Å². The van der Waals surface area contributed by atoms with Gasteiger partial charge in [0.25, 0.3) is 0 Å². The molecule has 138 valence electrons. The molecule has 0 unspecified atom stereocenters. The third kappa shape index (κ3) is 3.76. The third-order valence-corrected chi connectivity index (χ3v) is 4.89. The van der Waals surface area contributed by atoms with Crippen molar-refractivity contribution in [1.82, 2.24) is 24.8 Å². The van der Waals surface area contributed by atoms with Crippen LogP contribution in [0.25, 0.3) is 0 Å². The summed E-state index contributed by atoms with van der Waals surface area (Å²) in [6.07, 6.45) is 7.65. The lowest BCUT2D eigenvalue weighted by Crippen LogP contribution is -2.38. The molecule has 0 radical (unpaired) electrons. The van der Waals surface area contributed by atoms with Crippen molar-refractivity contribution in [3.05, 3.63) is 36.0 Å². The zero-order chi connectivity index (χ0) is 17.8. The van der Waals surface area contributed by atoms with Crippen LogP contribution in [0, 0.1) is 0 Å². The summed E-state index contributed by atoms with van der Waals surface area (Å²) < 4.78 is 5.95. The molecule has 2 aliphatic rings. The summed E-state index contributed by atoms with van der Waals surface area (Å²) in [5.74, 6) is 1.63. The Morgan fingerprint density at radius 2 is 1.96 bits per heavy atom. The van der Waals surface area contributed by atoms with Crippen molar-refractivity contribution in [2.45, 2.75) is 25.5 Å². The maximum absolute atomic E-state index is 5.95. The fraction of sp³-hybridized carbons (Fsp3) is 0.556. The zero-order valence-electron chi connectivity index (χ0n) is 15.1. The SMILES string of the molecule is CNc1nccnc1[C@@H]1CN(Cc2ccnc(N3CCCC3)n2)CCO1. The molecule has 2 saturated heterocycles. The minimum atomic E-state index is -0.0835. The van der Waals surface area contributed by atoms with E-state index in [9.17, 15) is 0 Å². The van der Waals surface area contributed by atoms with Crippen LogP contribution in [-0.2, 0) is 11.3 Å². The Hall–Kier alpha value is -2.32. The molecule has 4 rings (SSSR count). The number of hydrogen-bond donors (Lipinski definition) is 1. The van der Waals surface area contributed by atoms with Gasteiger partial charge in [0.15, 0.2) is 0 Å². The normalized spacial score (nSPS) is 21.1. The molecule has 2 aromatic heterocycles. The maximum Gasteiger partial charge on any atom is 0.225 e. The highest BCUT2D eigenvalue weighted by molar-refractivity contribution is 5.40. The number of aromatic nitrogens is 4. The fourth-order valence-corrected chi connectivity index (χ4v) is 3.56. The number of nitrogens with zero attached hydrogens (tertiary/aromatic N) is 6. The smallest absolute Gasteiger partial charge is 0.225 e. The molecule has 4 heterocycles. The first kappa shape index (κ1) is 17.1. The standard InChI is InChI=1S/C18H25N7O/c1-19-17-16(20-6-7-21-17)15-13-24(10-11-26-15)12-14-4-5-22-18(23-14)25-8-2-3-9-25/h4-7,15H,2-3,8-13H2,1H3,(H,19,21)/t15-/m0/s1. The van der Waals surface area contributed by atoms with Crippen molar-refractivity contribution in [3.8, 4) is 0 Å². The maximum atomic E-state index is 5.95. The number of ether oxygens (including phenoxy) is 1. The average molecular weight is 355 g/mol. The lowest BCUT2D eigenvalue weighted by atomic mass is 10.2. The van der Waals surface area contributed by atoms with Gasteiger partial charge in [0.2, 0.25) is 5.95 Å². The first-order chi connectivity index (χ1) is 12.8. The van der Waals surface area contributed by atoms with E-state index < -0.39 is 0 Å². The Morgan fingerprint density at radius 1 is 1.12 bits per heavy atom. The molecule has 0 amide bonds. The molecule has 8 nitrogen and oxygen atoms in total. The van der Waals surface area contributed by atoms with E-state index in [0.29, 0.717) is 6.61 Å². The van der Waals surface area contributed by atoms with Gasteiger partial charge in [-0.15, -0.1) is 0 Å². The second-order valence-electron chi connectivity index (χ2n) is 6.68. The van der Waals surface area contributed by atoms with Crippen LogP contribution in [0.4, 0.5) is 11.8 Å². The highest BCUT2D eigenvalue weighted by atomic mass is 16.5. The molecule has 0 spiro atoms. The van der Waals surface area contributed by atoms with E-state index in [1.807, 2.05) is 19.3 Å². The van der Waals surface area contributed by atoms with Crippen LogP contribution in [0.2, 0.25) is 0 Å². The summed E-state index contributed by atoms with van der Waals surface area (Å²) in [6.45, 7) is 5.24. The van der Waals surface area contributed by atoms with Crippen LogP contribution in [0.15, 0.2) is 24.7 Å². The molecule has 2 fully saturated rings. The van der Waals surface area contributed by atoms with Crippen molar-refractivity contribution < 1.29 is 4.74 Å². The van der Waals surface area contributed by atoms with E-state index in [-0.39, 0.29) is 6.10 Å². The van der Waals surface area contributed by atoms with Crippen LogP contribution in [-0.4, -0.2) is 64.7 Å². The molecule has 0 aromatic carbocycles. The van der Waals surface area contributed by atoms with Crippen molar-refractivity contribution in [2.75, 3.05) is 50.1 Å².